The zero-order valence-electron chi connectivity index (χ0n) is 9.19. The van der Waals surface area contributed by atoms with E-state index in [0.717, 1.165) is 0 Å². The molecule has 1 aliphatic heterocycles. The quantitative estimate of drug-likeness (QED) is 0.694. The van der Waals surface area contributed by atoms with Crippen LogP contribution in [-0.4, -0.2) is 57.4 Å². The van der Waals surface area contributed by atoms with Crippen LogP contribution in [-0.2, 0) is 14.6 Å². The van der Waals surface area contributed by atoms with Gasteiger partial charge in [-0.3, -0.25) is 4.79 Å². The second-order valence-electron chi connectivity index (χ2n) is 3.92. The van der Waals surface area contributed by atoms with Crippen LogP contribution in [0.25, 0.3) is 0 Å². The average molecular weight is 234 g/mol. The molecule has 1 aliphatic rings. The number of nitrogens with one attached hydrogen (secondary N) is 1. The molecule has 1 heterocycles. The van der Waals surface area contributed by atoms with Gasteiger partial charge in [-0.15, -0.1) is 0 Å². The van der Waals surface area contributed by atoms with E-state index in [1.54, 1.807) is 19.0 Å². The first-order chi connectivity index (χ1) is 6.96. The summed E-state index contributed by atoms with van der Waals surface area (Å²) in [4.78, 5) is 13.2. The van der Waals surface area contributed by atoms with E-state index in [1.165, 1.54) is 0 Å². The first kappa shape index (κ1) is 12.4. The van der Waals surface area contributed by atoms with Crippen LogP contribution in [0.3, 0.4) is 0 Å². The fraction of sp³-hybridized carbons (Fsp3) is 0.889. The lowest BCUT2D eigenvalue weighted by atomic mass is 10.2. The number of hydrogen-bond donors (Lipinski definition) is 1. The SMILES string of the molecule is CNCCC(=O)N(C)C1CCS(=O)(=O)C1. The summed E-state index contributed by atoms with van der Waals surface area (Å²) in [6, 6.07) is -0.126. The van der Waals surface area contributed by atoms with Gasteiger partial charge in [-0.25, -0.2) is 8.42 Å². The molecule has 0 aromatic rings. The van der Waals surface area contributed by atoms with E-state index in [-0.39, 0.29) is 23.5 Å². The summed E-state index contributed by atoms with van der Waals surface area (Å²) in [5, 5.41) is 2.89. The van der Waals surface area contributed by atoms with Crippen molar-refractivity contribution in [2.24, 2.45) is 0 Å². The van der Waals surface area contributed by atoms with Gasteiger partial charge in [0, 0.05) is 26.1 Å². The van der Waals surface area contributed by atoms with E-state index in [9.17, 15) is 13.2 Å². The number of rotatable bonds is 4. The zero-order chi connectivity index (χ0) is 11.5. The van der Waals surface area contributed by atoms with Crippen molar-refractivity contribution in [2.45, 2.75) is 18.9 Å². The highest BCUT2D eigenvalue weighted by Gasteiger charge is 2.32. The molecule has 0 aromatic carbocycles. The summed E-state index contributed by atoms with van der Waals surface area (Å²) in [7, 11) is 0.565. The van der Waals surface area contributed by atoms with Gasteiger partial charge in [0.15, 0.2) is 9.84 Å². The van der Waals surface area contributed by atoms with Crippen LogP contribution in [0.4, 0.5) is 0 Å². The van der Waals surface area contributed by atoms with E-state index in [2.05, 4.69) is 5.32 Å². The molecule has 1 N–H and O–H groups in total. The summed E-state index contributed by atoms with van der Waals surface area (Å²) < 4.78 is 22.5. The maximum Gasteiger partial charge on any atom is 0.223 e. The first-order valence-electron chi connectivity index (χ1n) is 5.07. The van der Waals surface area contributed by atoms with Crippen molar-refractivity contribution in [3.8, 4) is 0 Å². The summed E-state index contributed by atoms with van der Waals surface area (Å²) in [5.74, 6) is 0.335. The summed E-state index contributed by atoms with van der Waals surface area (Å²) in [5.41, 5.74) is 0. The summed E-state index contributed by atoms with van der Waals surface area (Å²) in [6.07, 6.45) is 0.994. The molecule has 6 heteroatoms. The third-order valence-electron chi connectivity index (χ3n) is 2.74. The molecule has 1 saturated heterocycles. The highest BCUT2D eigenvalue weighted by atomic mass is 32.2. The molecule has 1 rings (SSSR count). The van der Waals surface area contributed by atoms with Crippen LogP contribution < -0.4 is 5.32 Å². The van der Waals surface area contributed by atoms with E-state index >= 15 is 0 Å². The van der Waals surface area contributed by atoms with Crippen LogP contribution in [0, 0.1) is 0 Å². The van der Waals surface area contributed by atoms with Crippen LogP contribution in [0.1, 0.15) is 12.8 Å². The minimum atomic E-state index is -2.90. The predicted octanol–water partition coefficient (Wildman–Crippen LogP) is -0.759. The highest BCUT2D eigenvalue weighted by Crippen LogP contribution is 2.16. The van der Waals surface area contributed by atoms with Gasteiger partial charge in [0.25, 0.3) is 0 Å². The highest BCUT2D eigenvalue weighted by molar-refractivity contribution is 7.91. The second-order valence-corrected chi connectivity index (χ2v) is 6.14. The molecule has 1 atom stereocenters. The number of hydrogen-bond acceptors (Lipinski definition) is 4. The Morgan fingerprint density at radius 2 is 2.20 bits per heavy atom. The normalized spacial score (nSPS) is 24.0. The Morgan fingerprint density at radius 1 is 1.53 bits per heavy atom. The third-order valence-corrected chi connectivity index (χ3v) is 4.49. The molecule has 0 spiro atoms. The Balaban J connectivity index is 2.47. The molecular formula is C9H18N2O3S. The van der Waals surface area contributed by atoms with E-state index in [0.29, 0.717) is 19.4 Å². The number of sulfone groups is 1. The van der Waals surface area contributed by atoms with Crippen molar-refractivity contribution in [3.05, 3.63) is 0 Å². The topological polar surface area (TPSA) is 66.5 Å². The summed E-state index contributed by atoms with van der Waals surface area (Å²) in [6.45, 7) is 0.628. The number of carbonyl (C=O) groups excluding carboxylic acids is 1. The molecule has 1 fully saturated rings. The van der Waals surface area contributed by atoms with Crippen molar-refractivity contribution >= 4 is 15.7 Å². The Kier molecular flexibility index (Phi) is 4.10. The molecule has 5 nitrogen and oxygen atoms in total. The molecule has 0 aromatic heterocycles. The van der Waals surface area contributed by atoms with Crippen molar-refractivity contribution in [1.82, 2.24) is 10.2 Å². The number of nitrogens with zero attached hydrogens (tertiary/aromatic N) is 1. The van der Waals surface area contributed by atoms with Gasteiger partial charge in [0.2, 0.25) is 5.91 Å². The summed E-state index contributed by atoms with van der Waals surface area (Å²) >= 11 is 0. The molecule has 0 bridgehead atoms. The minimum Gasteiger partial charge on any atom is -0.342 e. The van der Waals surface area contributed by atoms with Crippen LogP contribution in [0.5, 0.6) is 0 Å². The standard InChI is InChI=1S/C9H18N2O3S/c1-10-5-3-9(12)11(2)8-4-6-15(13,14)7-8/h8,10H,3-7H2,1-2H3. The molecule has 1 unspecified atom stereocenters. The molecule has 15 heavy (non-hydrogen) atoms. The van der Waals surface area contributed by atoms with Crippen LogP contribution in [0.15, 0.2) is 0 Å². The Hall–Kier alpha value is -0.620. The molecule has 0 radical (unpaired) electrons. The van der Waals surface area contributed by atoms with Gasteiger partial charge in [-0.2, -0.15) is 0 Å². The molecular weight excluding hydrogens is 216 g/mol. The molecule has 0 aliphatic carbocycles. The molecule has 88 valence electrons. The first-order valence-corrected chi connectivity index (χ1v) is 6.89. The fourth-order valence-corrected chi connectivity index (χ4v) is 3.47. The smallest absolute Gasteiger partial charge is 0.223 e. The van der Waals surface area contributed by atoms with Gasteiger partial charge < -0.3 is 10.2 Å². The van der Waals surface area contributed by atoms with Gasteiger partial charge >= 0.3 is 0 Å². The lowest BCUT2D eigenvalue weighted by Crippen LogP contribution is -2.38. The van der Waals surface area contributed by atoms with Gasteiger partial charge in [0.1, 0.15) is 0 Å². The number of carbonyl (C=O) groups is 1. The fourth-order valence-electron chi connectivity index (χ4n) is 1.69. The minimum absolute atomic E-state index is 0.00597. The Labute approximate surface area is 90.7 Å². The van der Waals surface area contributed by atoms with Gasteiger partial charge in [-0.05, 0) is 13.5 Å². The lowest BCUT2D eigenvalue weighted by Gasteiger charge is -2.23. The zero-order valence-corrected chi connectivity index (χ0v) is 10.0. The largest absolute Gasteiger partial charge is 0.342 e. The van der Waals surface area contributed by atoms with Crippen molar-refractivity contribution in [1.29, 1.82) is 0 Å². The van der Waals surface area contributed by atoms with Crippen LogP contribution in [0.2, 0.25) is 0 Å². The average Bonchev–Trinajstić information content (AvgIpc) is 2.54. The molecule has 1 amide bonds. The van der Waals surface area contributed by atoms with E-state index in [4.69, 9.17) is 0 Å². The number of amides is 1. The second kappa shape index (κ2) is 4.94. The van der Waals surface area contributed by atoms with Crippen molar-refractivity contribution in [2.75, 3.05) is 32.1 Å². The Bertz CT molecular complexity index is 326. The van der Waals surface area contributed by atoms with E-state index in [1.807, 2.05) is 0 Å². The third kappa shape index (κ3) is 3.46. The molecule has 0 saturated carbocycles. The van der Waals surface area contributed by atoms with Gasteiger partial charge in [0.05, 0.1) is 11.5 Å². The Morgan fingerprint density at radius 3 is 2.67 bits per heavy atom. The van der Waals surface area contributed by atoms with Gasteiger partial charge in [-0.1, -0.05) is 0 Å². The van der Waals surface area contributed by atoms with E-state index < -0.39 is 9.84 Å². The predicted molar refractivity (Wildman–Crippen MR) is 58.4 cm³/mol. The van der Waals surface area contributed by atoms with Crippen molar-refractivity contribution < 1.29 is 13.2 Å². The van der Waals surface area contributed by atoms with Crippen molar-refractivity contribution in [3.63, 3.8) is 0 Å². The maximum atomic E-state index is 11.6. The van der Waals surface area contributed by atoms with Crippen LogP contribution >= 0.6 is 0 Å². The monoisotopic (exact) mass is 234 g/mol. The maximum absolute atomic E-state index is 11.6. The lowest BCUT2D eigenvalue weighted by molar-refractivity contribution is -0.131.